The number of rotatable bonds is 2. The van der Waals surface area contributed by atoms with Crippen molar-refractivity contribution in [2.24, 2.45) is 0 Å². The van der Waals surface area contributed by atoms with Crippen LogP contribution in [-0.2, 0) is 0 Å². The summed E-state index contributed by atoms with van der Waals surface area (Å²) in [7, 11) is -1.56. The third kappa shape index (κ3) is 2.86. The maximum absolute atomic E-state index is 8.84. The van der Waals surface area contributed by atoms with Gasteiger partial charge in [0.15, 0.2) is 0 Å². The smallest absolute Gasteiger partial charge is 0.242 e. The van der Waals surface area contributed by atoms with Gasteiger partial charge in [0.2, 0.25) is 8.32 Å². The zero-order valence-corrected chi connectivity index (χ0v) is 11.3. The number of hydrogen-bond acceptors (Lipinski definition) is 2. The van der Waals surface area contributed by atoms with Gasteiger partial charge in [-0.1, -0.05) is 12.1 Å². The summed E-state index contributed by atoms with van der Waals surface area (Å²) in [4.78, 5) is 0. The van der Waals surface area contributed by atoms with Gasteiger partial charge in [-0.25, -0.2) is 0 Å². The molecule has 0 bridgehead atoms. The second kappa shape index (κ2) is 4.23. The molecule has 86 valence electrons. The van der Waals surface area contributed by atoms with Gasteiger partial charge in [-0.3, -0.25) is 0 Å². The average molecular weight is 241 g/mol. The topological polar surface area (TPSA) is 33.0 Å². The van der Waals surface area contributed by atoms with E-state index in [0.29, 0.717) is 5.56 Å². The van der Waals surface area contributed by atoms with Crippen LogP contribution in [0.4, 0.5) is 0 Å². The predicted molar refractivity (Wildman–Crippen MR) is 72.6 cm³/mol. The molecule has 0 atom stereocenters. The lowest BCUT2D eigenvalue weighted by Gasteiger charge is -2.19. The molecule has 0 N–H and O–H groups in total. The van der Waals surface area contributed by atoms with Crippen LogP contribution in [0.3, 0.4) is 0 Å². The van der Waals surface area contributed by atoms with Gasteiger partial charge in [0.05, 0.1) is 11.6 Å². The van der Waals surface area contributed by atoms with Crippen LogP contribution in [-0.4, -0.2) is 8.32 Å². The van der Waals surface area contributed by atoms with E-state index in [1.807, 2.05) is 36.4 Å². The summed E-state index contributed by atoms with van der Waals surface area (Å²) >= 11 is 0. The minimum atomic E-state index is -1.56. The fraction of sp³-hybridized carbons (Fsp3) is 0.214. The van der Waals surface area contributed by atoms with Gasteiger partial charge < -0.3 is 4.43 Å². The first-order valence-corrected chi connectivity index (χ1v) is 9.02. The van der Waals surface area contributed by atoms with Crippen LogP contribution in [0.25, 0.3) is 10.8 Å². The fourth-order valence-electron chi connectivity index (χ4n) is 1.71. The Morgan fingerprint density at radius 1 is 1.00 bits per heavy atom. The number of nitriles is 1. The first-order chi connectivity index (χ1) is 7.98. The summed E-state index contributed by atoms with van der Waals surface area (Å²) in [5.41, 5.74) is 0.691. The highest BCUT2D eigenvalue weighted by molar-refractivity contribution is 6.70. The Kier molecular flexibility index (Phi) is 2.91. The van der Waals surface area contributed by atoms with Gasteiger partial charge in [0.25, 0.3) is 0 Å². The van der Waals surface area contributed by atoms with Gasteiger partial charge >= 0.3 is 0 Å². The zero-order valence-electron chi connectivity index (χ0n) is 10.3. The van der Waals surface area contributed by atoms with Crippen molar-refractivity contribution in [2.45, 2.75) is 19.6 Å². The van der Waals surface area contributed by atoms with Crippen molar-refractivity contribution in [1.82, 2.24) is 0 Å². The first-order valence-electron chi connectivity index (χ1n) is 5.61. The lowest BCUT2D eigenvalue weighted by Crippen LogP contribution is -2.29. The standard InChI is InChI=1S/C14H15NOSi/c1-17(2,3)16-14-7-6-12-8-11(10-15)4-5-13(12)9-14/h4-9H,1-3H3. The summed E-state index contributed by atoms with van der Waals surface area (Å²) < 4.78 is 5.94. The summed E-state index contributed by atoms with van der Waals surface area (Å²) in [6.45, 7) is 6.49. The maximum atomic E-state index is 8.84. The number of hydrogen-bond donors (Lipinski definition) is 0. The van der Waals surface area contributed by atoms with E-state index in [-0.39, 0.29) is 0 Å². The molecule has 0 aliphatic carbocycles. The first kappa shape index (κ1) is 11.7. The lowest BCUT2D eigenvalue weighted by atomic mass is 10.1. The monoisotopic (exact) mass is 241 g/mol. The Balaban J connectivity index is 2.42. The van der Waals surface area contributed by atoms with Gasteiger partial charge in [0, 0.05) is 0 Å². The van der Waals surface area contributed by atoms with E-state index in [9.17, 15) is 0 Å². The van der Waals surface area contributed by atoms with Crippen molar-refractivity contribution in [3.8, 4) is 11.8 Å². The molecule has 2 nitrogen and oxygen atoms in total. The second-order valence-corrected chi connectivity index (χ2v) is 9.48. The third-order valence-corrected chi connectivity index (χ3v) is 3.21. The van der Waals surface area contributed by atoms with Crippen LogP contribution >= 0.6 is 0 Å². The normalized spacial score (nSPS) is 11.2. The average Bonchev–Trinajstić information content (AvgIpc) is 2.26. The molecule has 0 saturated carbocycles. The summed E-state index contributed by atoms with van der Waals surface area (Å²) in [6, 6.07) is 13.9. The van der Waals surface area contributed by atoms with Crippen molar-refractivity contribution in [1.29, 1.82) is 5.26 Å². The molecule has 17 heavy (non-hydrogen) atoms. The van der Waals surface area contributed by atoms with E-state index in [0.717, 1.165) is 16.5 Å². The molecule has 0 radical (unpaired) electrons. The Labute approximate surface area is 103 Å². The Morgan fingerprint density at radius 2 is 1.65 bits per heavy atom. The highest BCUT2D eigenvalue weighted by Crippen LogP contribution is 2.23. The van der Waals surface area contributed by atoms with Crippen LogP contribution in [0.2, 0.25) is 19.6 Å². The van der Waals surface area contributed by atoms with Crippen molar-refractivity contribution in [2.75, 3.05) is 0 Å². The molecule has 0 aliphatic heterocycles. The molecular formula is C14H15NOSi. The molecule has 2 rings (SSSR count). The molecule has 0 amide bonds. The Bertz CT molecular complexity index is 593. The van der Waals surface area contributed by atoms with Crippen molar-refractivity contribution in [3.63, 3.8) is 0 Å². The predicted octanol–water partition coefficient (Wildman–Crippen LogP) is 3.93. The second-order valence-electron chi connectivity index (χ2n) is 5.05. The van der Waals surface area contributed by atoms with E-state index in [2.05, 4.69) is 25.7 Å². The fourth-order valence-corrected chi connectivity index (χ4v) is 2.54. The molecule has 0 aromatic heterocycles. The van der Waals surface area contributed by atoms with Crippen LogP contribution in [0.5, 0.6) is 5.75 Å². The van der Waals surface area contributed by atoms with Gasteiger partial charge in [0.1, 0.15) is 5.75 Å². The molecule has 0 saturated heterocycles. The Morgan fingerprint density at radius 3 is 2.29 bits per heavy atom. The van der Waals surface area contributed by atoms with E-state index in [1.54, 1.807) is 0 Å². The molecule has 0 heterocycles. The van der Waals surface area contributed by atoms with E-state index < -0.39 is 8.32 Å². The molecular weight excluding hydrogens is 226 g/mol. The van der Waals surface area contributed by atoms with Crippen LogP contribution < -0.4 is 4.43 Å². The summed E-state index contributed by atoms with van der Waals surface area (Å²) in [6.07, 6.45) is 0. The molecule has 2 aromatic rings. The SMILES string of the molecule is C[Si](C)(C)Oc1ccc2cc(C#N)ccc2c1. The summed E-state index contributed by atoms with van der Waals surface area (Å²) in [5.74, 6) is 0.918. The lowest BCUT2D eigenvalue weighted by molar-refractivity contribution is 0.558. The van der Waals surface area contributed by atoms with Crippen LogP contribution in [0, 0.1) is 11.3 Å². The molecule has 0 fully saturated rings. The van der Waals surface area contributed by atoms with E-state index in [1.165, 1.54) is 0 Å². The molecule has 0 unspecified atom stereocenters. The maximum Gasteiger partial charge on any atom is 0.242 e. The third-order valence-electron chi connectivity index (χ3n) is 2.36. The number of benzene rings is 2. The number of nitrogens with zero attached hydrogens (tertiary/aromatic N) is 1. The molecule has 3 heteroatoms. The van der Waals surface area contributed by atoms with Crippen LogP contribution in [0.15, 0.2) is 36.4 Å². The Hall–Kier alpha value is -1.79. The molecule has 0 spiro atoms. The van der Waals surface area contributed by atoms with Crippen molar-refractivity contribution >= 4 is 19.1 Å². The minimum Gasteiger partial charge on any atom is -0.544 e. The molecule has 2 aromatic carbocycles. The largest absolute Gasteiger partial charge is 0.544 e. The quantitative estimate of drug-likeness (QED) is 0.746. The van der Waals surface area contributed by atoms with Crippen molar-refractivity contribution < 1.29 is 4.43 Å². The minimum absolute atomic E-state index is 0.691. The van der Waals surface area contributed by atoms with Gasteiger partial charge in [-0.2, -0.15) is 5.26 Å². The van der Waals surface area contributed by atoms with E-state index in [4.69, 9.17) is 9.69 Å². The molecule has 0 aliphatic rings. The zero-order chi connectivity index (χ0) is 12.5. The van der Waals surface area contributed by atoms with Gasteiger partial charge in [-0.15, -0.1) is 0 Å². The summed E-state index contributed by atoms with van der Waals surface area (Å²) in [5, 5.41) is 11.0. The van der Waals surface area contributed by atoms with Gasteiger partial charge in [-0.05, 0) is 54.7 Å². The highest BCUT2D eigenvalue weighted by Gasteiger charge is 2.16. The highest BCUT2D eigenvalue weighted by atomic mass is 28.4. The van der Waals surface area contributed by atoms with E-state index >= 15 is 0 Å². The van der Waals surface area contributed by atoms with Crippen molar-refractivity contribution in [3.05, 3.63) is 42.0 Å². The number of fused-ring (bicyclic) bond motifs is 1. The van der Waals surface area contributed by atoms with Crippen LogP contribution in [0.1, 0.15) is 5.56 Å².